The molecule has 0 aliphatic carbocycles. The molecule has 0 saturated heterocycles. The molecule has 0 atom stereocenters. The molecule has 0 fully saturated rings. The van der Waals surface area contributed by atoms with E-state index in [0.717, 1.165) is 6.21 Å². The fourth-order valence-electron chi connectivity index (χ4n) is 0.527. The molecule has 0 aliphatic rings. The van der Waals surface area contributed by atoms with Crippen molar-refractivity contribution < 1.29 is 13.6 Å². The van der Waals surface area contributed by atoms with Crippen LogP contribution in [0.5, 0.6) is 0 Å². The summed E-state index contributed by atoms with van der Waals surface area (Å²) in [6, 6.07) is 0. The molecule has 4 nitrogen and oxygen atoms in total. The smallest absolute Gasteiger partial charge is 0.278 e. The number of aliphatic imine (C=N–C) groups is 1. The first-order valence-electron chi connectivity index (χ1n) is 3.00. The van der Waals surface area contributed by atoms with Gasteiger partial charge in [0.05, 0.1) is 11.3 Å². The van der Waals surface area contributed by atoms with Gasteiger partial charge >= 0.3 is 0 Å². The van der Waals surface area contributed by atoms with Gasteiger partial charge in [0.1, 0.15) is 0 Å². The molecule has 68 valence electrons. The van der Waals surface area contributed by atoms with Gasteiger partial charge in [0.25, 0.3) is 12.3 Å². The molecule has 0 heterocycles. The maximum Gasteiger partial charge on any atom is 0.278 e. The van der Waals surface area contributed by atoms with Crippen molar-refractivity contribution in [3.8, 4) is 0 Å². The van der Waals surface area contributed by atoms with E-state index in [1.807, 2.05) is 0 Å². The first-order chi connectivity index (χ1) is 5.50. The summed E-state index contributed by atoms with van der Waals surface area (Å²) in [7, 11) is 1.32. The average molecular weight is 177 g/mol. The predicted molar refractivity (Wildman–Crippen MR) is 40.8 cm³/mol. The highest BCUT2D eigenvalue weighted by Crippen LogP contribution is 2.06. The molecule has 6 heteroatoms. The summed E-state index contributed by atoms with van der Waals surface area (Å²) in [5.74, 6) is -1.02. The van der Waals surface area contributed by atoms with E-state index in [1.165, 1.54) is 7.05 Å². The highest BCUT2D eigenvalue weighted by atomic mass is 19.3. The van der Waals surface area contributed by atoms with Gasteiger partial charge in [0.15, 0.2) is 0 Å². The van der Waals surface area contributed by atoms with Crippen molar-refractivity contribution in [3.63, 3.8) is 0 Å². The number of allylic oxidation sites excluding steroid dienone is 1. The third kappa shape index (κ3) is 2.65. The van der Waals surface area contributed by atoms with Crippen LogP contribution in [0.3, 0.4) is 0 Å². The van der Waals surface area contributed by atoms with Gasteiger partial charge in [-0.2, -0.15) is 0 Å². The fourth-order valence-corrected chi connectivity index (χ4v) is 0.527. The van der Waals surface area contributed by atoms with Gasteiger partial charge in [-0.3, -0.25) is 9.79 Å². The molecule has 0 aromatic carbocycles. The van der Waals surface area contributed by atoms with Crippen LogP contribution in [0.4, 0.5) is 8.78 Å². The number of rotatable bonds is 3. The van der Waals surface area contributed by atoms with E-state index in [4.69, 9.17) is 11.5 Å². The Morgan fingerprint density at radius 2 is 2.00 bits per heavy atom. The Kier molecular flexibility index (Phi) is 3.89. The number of halogens is 2. The van der Waals surface area contributed by atoms with Crippen molar-refractivity contribution in [2.45, 2.75) is 6.43 Å². The Hall–Kier alpha value is -1.46. The normalized spacial score (nSPS) is 13.7. The first-order valence-corrected chi connectivity index (χ1v) is 3.00. The van der Waals surface area contributed by atoms with E-state index in [2.05, 4.69) is 4.99 Å². The zero-order valence-electron chi connectivity index (χ0n) is 6.42. The number of primary amides is 1. The second kappa shape index (κ2) is 4.42. The predicted octanol–water partition coefficient (Wildman–Crippen LogP) is -0.350. The molecular weight excluding hydrogens is 168 g/mol. The second-order valence-electron chi connectivity index (χ2n) is 1.92. The van der Waals surface area contributed by atoms with Gasteiger partial charge in [0.2, 0.25) is 0 Å². The maximum atomic E-state index is 11.9. The summed E-state index contributed by atoms with van der Waals surface area (Å²) in [6.07, 6.45) is -1.99. The Bertz CT molecular complexity index is 235. The van der Waals surface area contributed by atoms with Gasteiger partial charge in [-0.05, 0) is 0 Å². The molecule has 0 spiro atoms. The molecule has 0 unspecified atom stereocenters. The zero-order chi connectivity index (χ0) is 9.72. The summed E-state index contributed by atoms with van der Waals surface area (Å²) in [5.41, 5.74) is 8.34. The summed E-state index contributed by atoms with van der Waals surface area (Å²) < 4.78 is 23.8. The number of hydrogen-bond acceptors (Lipinski definition) is 3. The minimum absolute atomic E-state index is 0.451. The number of nitrogens with zero attached hydrogens (tertiary/aromatic N) is 1. The van der Waals surface area contributed by atoms with Crippen LogP contribution in [0.15, 0.2) is 16.3 Å². The number of carbonyl (C=O) groups excluding carboxylic acids is 1. The van der Waals surface area contributed by atoms with Crippen LogP contribution in [0.2, 0.25) is 0 Å². The highest BCUT2D eigenvalue weighted by Gasteiger charge is 2.15. The zero-order valence-corrected chi connectivity index (χ0v) is 6.42. The SMILES string of the molecule is CN=CC(C(N)=O)=C(N)C(F)F. The average Bonchev–Trinajstić information content (AvgIpc) is 1.98. The van der Waals surface area contributed by atoms with Crippen LogP contribution >= 0.6 is 0 Å². The van der Waals surface area contributed by atoms with Gasteiger partial charge in [0, 0.05) is 13.3 Å². The van der Waals surface area contributed by atoms with Gasteiger partial charge in [-0.15, -0.1) is 0 Å². The Labute approximate surface area is 67.9 Å². The monoisotopic (exact) mass is 177 g/mol. The van der Waals surface area contributed by atoms with Crippen molar-refractivity contribution >= 4 is 12.1 Å². The van der Waals surface area contributed by atoms with Crippen molar-refractivity contribution in [1.82, 2.24) is 0 Å². The Morgan fingerprint density at radius 3 is 2.25 bits per heavy atom. The first kappa shape index (κ1) is 10.5. The topological polar surface area (TPSA) is 81.5 Å². The summed E-state index contributed by atoms with van der Waals surface area (Å²) in [4.78, 5) is 13.9. The van der Waals surface area contributed by atoms with Crippen LogP contribution in [0.25, 0.3) is 0 Å². The van der Waals surface area contributed by atoms with E-state index < -0.39 is 23.6 Å². The lowest BCUT2D eigenvalue weighted by molar-refractivity contribution is -0.114. The molecular formula is C6H9F2N3O. The standard InChI is InChI=1S/C6H9F2N3O/c1-11-2-3(6(10)12)4(9)5(7)8/h2,5H,9H2,1H3,(H2,10,12). The third-order valence-electron chi connectivity index (χ3n) is 1.07. The van der Waals surface area contributed by atoms with E-state index in [-0.39, 0.29) is 0 Å². The summed E-state index contributed by atoms with van der Waals surface area (Å²) in [5, 5.41) is 0. The van der Waals surface area contributed by atoms with E-state index in [1.54, 1.807) is 0 Å². The molecule has 0 radical (unpaired) electrons. The van der Waals surface area contributed by atoms with Crippen molar-refractivity contribution in [3.05, 3.63) is 11.3 Å². The van der Waals surface area contributed by atoms with E-state index in [0.29, 0.717) is 0 Å². The fraction of sp³-hybridized carbons (Fsp3) is 0.333. The quantitative estimate of drug-likeness (QED) is 0.456. The number of carbonyl (C=O) groups is 1. The van der Waals surface area contributed by atoms with Crippen LogP contribution < -0.4 is 11.5 Å². The van der Waals surface area contributed by atoms with Crippen LogP contribution in [0, 0.1) is 0 Å². The number of alkyl halides is 2. The molecule has 0 aliphatic heterocycles. The Balaban J connectivity index is 4.93. The van der Waals surface area contributed by atoms with Gasteiger partial charge in [-0.25, -0.2) is 8.78 Å². The molecule has 0 aromatic heterocycles. The van der Waals surface area contributed by atoms with E-state index in [9.17, 15) is 13.6 Å². The lowest BCUT2D eigenvalue weighted by atomic mass is 10.2. The lowest BCUT2D eigenvalue weighted by Crippen LogP contribution is -2.23. The molecule has 0 saturated carbocycles. The largest absolute Gasteiger partial charge is 0.397 e. The molecule has 0 bridgehead atoms. The van der Waals surface area contributed by atoms with Crippen molar-refractivity contribution in [2.75, 3.05) is 7.05 Å². The summed E-state index contributed by atoms with van der Waals surface area (Å²) in [6.45, 7) is 0. The molecule has 12 heavy (non-hydrogen) atoms. The molecule has 4 N–H and O–H groups in total. The van der Waals surface area contributed by atoms with Crippen molar-refractivity contribution in [1.29, 1.82) is 0 Å². The molecule has 1 amide bonds. The van der Waals surface area contributed by atoms with Gasteiger partial charge < -0.3 is 11.5 Å². The van der Waals surface area contributed by atoms with E-state index >= 15 is 0 Å². The van der Waals surface area contributed by atoms with Crippen LogP contribution in [-0.4, -0.2) is 25.6 Å². The van der Waals surface area contributed by atoms with Gasteiger partial charge in [-0.1, -0.05) is 0 Å². The number of hydrogen-bond donors (Lipinski definition) is 2. The molecule has 0 aromatic rings. The summed E-state index contributed by atoms with van der Waals surface area (Å²) >= 11 is 0. The lowest BCUT2D eigenvalue weighted by Gasteiger charge is -2.02. The Morgan fingerprint density at radius 1 is 1.50 bits per heavy atom. The third-order valence-corrected chi connectivity index (χ3v) is 1.07. The maximum absolute atomic E-state index is 11.9. The number of nitrogens with two attached hydrogens (primary N) is 2. The highest BCUT2D eigenvalue weighted by molar-refractivity contribution is 6.12. The molecule has 0 rings (SSSR count). The van der Waals surface area contributed by atoms with Crippen LogP contribution in [0.1, 0.15) is 0 Å². The minimum atomic E-state index is -2.90. The van der Waals surface area contributed by atoms with Crippen LogP contribution in [-0.2, 0) is 4.79 Å². The van der Waals surface area contributed by atoms with Crippen molar-refractivity contribution in [2.24, 2.45) is 16.5 Å². The second-order valence-corrected chi connectivity index (χ2v) is 1.92. The minimum Gasteiger partial charge on any atom is -0.397 e. The number of amides is 1.